The monoisotopic (exact) mass is 287 g/mol. The van der Waals surface area contributed by atoms with Gasteiger partial charge in [0.05, 0.1) is 0 Å². The first-order valence-corrected chi connectivity index (χ1v) is 6.50. The van der Waals surface area contributed by atoms with Crippen LogP contribution in [0.5, 0.6) is 0 Å². The van der Waals surface area contributed by atoms with E-state index >= 15 is 0 Å². The molecule has 0 aliphatic carbocycles. The van der Waals surface area contributed by atoms with Gasteiger partial charge < -0.3 is 10.1 Å². The van der Waals surface area contributed by atoms with E-state index < -0.39 is 0 Å². The Morgan fingerprint density at radius 2 is 2.10 bits per heavy atom. The van der Waals surface area contributed by atoms with Crippen LogP contribution in [0.25, 0.3) is 0 Å². The number of nitriles is 1. The van der Waals surface area contributed by atoms with Crippen LogP contribution in [0.4, 0.5) is 5.82 Å². The summed E-state index contributed by atoms with van der Waals surface area (Å²) in [4.78, 5) is 4.15. The Labute approximate surface area is 123 Å². The molecule has 5 heteroatoms. The fourth-order valence-electron chi connectivity index (χ4n) is 1.85. The molecule has 1 unspecified atom stereocenters. The maximum absolute atomic E-state index is 8.82. The lowest BCUT2D eigenvalue weighted by atomic mass is 10.1. The van der Waals surface area contributed by atoms with Crippen LogP contribution in [0, 0.1) is 11.3 Å². The lowest BCUT2D eigenvalue weighted by molar-refractivity contribution is 0.114. The molecule has 2 aromatic rings. The highest BCUT2D eigenvalue weighted by atomic mass is 35.5. The Morgan fingerprint density at radius 3 is 2.80 bits per heavy atom. The van der Waals surface area contributed by atoms with Crippen molar-refractivity contribution in [2.75, 3.05) is 19.0 Å². The number of halogens is 1. The summed E-state index contributed by atoms with van der Waals surface area (Å²) in [6.45, 7) is 0.516. The average molecular weight is 288 g/mol. The molecule has 0 amide bonds. The summed E-state index contributed by atoms with van der Waals surface area (Å²) in [6, 6.07) is 14.8. The number of rotatable bonds is 5. The van der Waals surface area contributed by atoms with E-state index in [1.165, 1.54) is 0 Å². The fraction of sp³-hybridized carbons (Fsp3) is 0.200. The molecule has 1 aromatic heterocycles. The summed E-state index contributed by atoms with van der Waals surface area (Å²) >= 11 is 6.16. The van der Waals surface area contributed by atoms with E-state index in [4.69, 9.17) is 21.6 Å². The SMILES string of the molecule is COC(CNc1cccc(C#N)n1)c1ccccc1Cl. The first kappa shape index (κ1) is 14.3. The third kappa shape index (κ3) is 3.47. The molecule has 1 aromatic carbocycles. The molecule has 102 valence electrons. The van der Waals surface area contributed by atoms with Crippen molar-refractivity contribution in [2.24, 2.45) is 0 Å². The number of benzene rings is 1. The fourth-order valence-corrected chi connectivity index (χ4v) is 2.11. The molecule has 4 nitrogen and oxygen atoms in total. The zero-order chi connectivity index (χ0) is 14.4. The highest BCUT2D eigenvalue weighted by molar-refractivity contribution is 6.31. The van der Waals surface area contributed by atoms with Crippen molar-refractivity contribution in [1.82, 2.24) is 4.98 Å². The Bertz CT molecular complexity index is 625. The van der Waals surface area contributed by atoms with Crippen molar-refractivity contribution in [2.45, 2.75) is 6.10 Å². The summed E-state index contributed by atoms with van der Waals surface area (Å²) in [7, 11) is 1.63. The van der Waals surface area contributed by atoms with E-state index in [1.54, 1.807) is 25.3 Å². The van der Waals surface area contributed by atoms with E-state index in [9.17, 15) is 0 Å². The van der Waals surface area contributed by atoms with Crippen LogP contribution in [0.3, 0.4) is 0 Å². The number of ether oxygens (including phenoxy) is 1. The van der Waals surface area contributed by atoms with E-state index in [0.29, 0.717) is 23.1 Å². The molecule has 0 fully saturated rings. The van der Waals surface area contributed by atoms with Gasteiger partial charge in [-0.25, -0.2) is 4.98 Å². The zero-order valence-corrected chi connectivity index (χ0v) is 11.8. The third-order valence-electron chi connectivity index (χ3n) is 2.87. The molecular weight excluding hydrogens is 274 g/mol. The van der Waals surface area contributed by atoms with Gasteiger partial charge in [-0.1, -0.05) is 35.9 Å². The van der Waals surface area contributed by atoms with Crippen LogP contribution in [0.2, 0.25) is 5.02 Å². The van der Waals surface area contributed by atoms with Crippen molar-refractivity contribution >= 4 is 17.4 Å². The molecule has 0 saturated heterocycles. The van der Waals surface area contributed by atoms with Gasteiger partial charge in [0.15, 0.2) is 0 Å². The first-order chi connectivity index (χ1) is 9.74. The van der Waals surface area contributed by atoms with E-state index in [1.807, 2.05) is 30.3 Å². The van der Waals surface area contributed by atoms with Crippen molar-refractivity contribution in [3.8, 4) is 6.07 Å². The number of methoxy groups -OCH3 is 1. The highest BCUT2D eigenvalue weighted by Crippen LogP contribution is 2.25. The topological polar surface area (TPSA) is 57.9 Å². The molecule has 20 heavy (non-hydrogen) atoms. The predicted molar refractivity (Wildman–Crippen MR) is 78.6 cm³/mol. The third-order valence-corrected chi connectivity index (χ3v) is 3.21. The Morgan fingerprint density at radius 1 is 1.30 bits per heavy atom. The standard InChI is InChI=1S/C15H14ClN3O/c1-20-14(12-6-2-3-7-13(12)16)10-18-15-8-4-5-11(9-17)19-15/h2-8,14H,10H2,1H3,(H,18,19). The van der Waals surface area contributed by atoms with Gasteiger partial charge in [0.1, 0.15) is 23.7 Å². The summed E-state index contributed by atoms with van der Waals surface area (Å²) in [6.07, 6.45) is -0.184. The summed E-state index contributed by atoms with van der Waals surface area (Å²) in [5.41, 5.74) is 1.29. The Balaban J connectivity index is 2.08. The molecule has 0 aliphatic rings. The quantitative estimate of drug-likeness (QED) is 0.915. The van der Waals surface area contributed by atoms with Crippen LogP contribution < -0.4 is 5.32 Å². The molecule has 0 aliphatic heterocycles. The largest absolute Gasteiger partial charge is 0.375 e. The number of hydrogen-bond acceptors (Lipinski definition) is 4. The van der Waals surface area contributed by atoms with Crippen LogP contribution in [0.15, 0.2) is 42.5 Å². The molecular formula is C15H14ClN3O. The van der Waals surface area contributed by atoms with Crippen molar-refractivity contribution in [1.29, 1.82) is 5.26 Å². The van der Waals surface area contributed by atoms with Gasteiger partial charge in [-0.2, -0.15) is 5.26 Å². The minimum absolute atomic E-state index is 0.184. The lowest BCUT2D eigenvalue weighted by Gasteiger charge is -2.18. The van der Waals surface area contributed by atoms with Gasteiger partial charge in [-0.05, 0) is 18.2 Å². The lowest BCUT2D eigenvalue weighted by Crippen LogP contribution is -2.15. The normalized spacial score (nSPS) is 11.7. The molecule has 2 rings (SSSR count). The highest BCUT2D eigenvalue weighted by Gasteiger charge is 2.13. The number of pyridine rings is 1. The molecule has 0 saturated carbocycles. The predicted octanol–water partition coefficient (Wildman–Crippen LogP) is 3.41. The summed E-state index contributed by atoms with van der Waals surface area (Å²) in [5, 5.41) is 12.6. The number of nitrogens with one attached hydrogen (secondary N) is 1. The van der Waals surface area contributed by atoms with Gasteiger partial charge >= 0.3 is 0 Å². The Hall–Kier alpha value is -2.09. The zero-order valence-electron chi connectivity index (χ0n) is 11.0. The molecule has 1 N–H and O–H groups in total. The molecule has 1 heterocycles. The number of hydrogen-bond donors (Lipinski definition) is 1. The number of nitrogens with zero attached hydrogens (tertiary/aromatic N) is 2. The summed E-state index contributed by atoms with van der Waals surface area (Å²) < 4.78 is 5.46. The van der Waals surface area contributed by atoms with E-state index in [-0.39, 0.29) is 6.10 Å². The Kier molecular flexibility index (Phi) is 4.94. The van der Waals surface area contributed by atoms with Gasteiger partial charge in [0, 0.05) is 24.2 Å². The van der Waals surface area contributed by atoms with E-state index in [0.717, 1.165) is 5.56 Å². The summed E-state index contributed by atoms with van der Waals surface area (Å²) in [5.74, 6) is 0.637. The van der Waals surface area contributed by atoms with Crippen LogP contribution >= 0.6 is 11.6 Å². The molecule has 1 atom stereocenters. The number of aromatic nitrogens is 1. The maximum Gasteiger partial charge on any atom is 0.142 e. The second-order valence-corrected chi connectivity index (χ2v) is 4.55. The van der Waals surface area contributed by atoms with Crippen LogP contribution in [0.1, 0.15) is 17.4 Å². The maximum atomic E-state index is 8.82. The minimum atomic E-state index is -0.184. The molecule has 0 radical (unpaired) electrons. The first-order valence-electron chi connectivity index (χ1n) is 6.13. The van der Waals surface area contributed by atoms with Crippen molar-refractivity contribution in [3.63, 3.8) is 0 Å². The van der Waals surface area contributed by atoms with Gasteiger partial charge in [-0.3, -0.25) is 0 Å². The minimum Gasteiger partial charge on any atom is -0.375 e. The second kappa shape index (κ2) is 6.90. The van der Waals surface area contributed by atoms with Crippen molar-refractivity contribution in [3.05, 3.63) is 58.7 Å². The smallest absolute Gasteiger partial charge is 0.142 e. The van der Waals surface area contributed by atoms with Crippen LogP contribution in [-0.2, 0) is 4.74 Å². The second-order valence-electron chi connectivity index (χ2n) is 4.15. The van der Waals surface area contributed by atoms with E-state index in [2.05, 4.69) is 10.3 Å². The molecule has 0 bridgehead atoms. The van der Waals surface area contributed by atoms with Crippen LogP contribution in [-0.4, -0.2) is 18.6 Å². The van der Waals surface area contributed by atoms with Gasteiger partial charge in [0.25, 0.3) is 0 Å². The molecule has 0 spiro atoms. The van der Waals surface area contributed by atoms with Gasteiger partial charge in [0.2, 0.25) is 0 Å². The average Bonchev–Trinajstić information content (AvgIpc) is 2.49. The number of anilines is 1. The van der Waals surface area contributed by atoms with Crippen molar-refractivity contribution < 1.29 is 4.74 Å². The van der Waals surface area contributed by atoms with Gasteiger partial charge in [-0.15, -0.1) is 0 Å².